The first kappa shape index (κ1) is 16.5. The zero-order valence-electron chi connectivity index (χ0n) is 12.4. The maximum atomic E-state index is 12.1. The summed E-state index contributed by atoms with van der Waals surface area (Å²) in [6, 6.07) is 6.00. The van der Waals surface area contributed by atoms with E-state index in [-0.39, 0.29) is 17.8 Å². The molecule has 0 spiro atoms. The maximum absolute atomic E-state index is 12.1. The van der Waals surface area contributed by atoms with Crippen LogP contribution in [0.2, 0.25) is 0 Å². The smallest absolute Gasteiger partial charge is 0.240 e. The molecule has 1 heterocycles. The van der Waals surface area contributed by atoms with Crippen molar-refractivity contribution in [3.8, 4) is 0 Å². The fraction of sp³-hybridized carbons (Fsp3) is 0.467. The van der Waals surface area contributed by atoms with Crippen LogP contribution < -0.4 is 5.32 Å². The van der Waals surface area contributed by atoms with Gasteiger partial charge < -0.3 is 9.88 Å². The van der Waals surface area contributed by atoms with Gasteiger partial charge in [0.2, 0.25) is 5.91 Å². The Kier molecular flexibility index (Phi) is 5.48. The van der Waals surface area contributed by atoms with E-state index in [1.54, 1.807) is 0 Å². The lowest BCUT2D eigenvalue weighted by atomic mass is 10.2. The summed E-state index contributed by atoms with van der Waals surface area (Å²) in [6.07, 6.45) is 0. The van der Waals surface area contributed by atoms with Crippen molar-refractivity contribution in [2.24, 2.45) is 5.92 Å². The van der Waals surface area contributed by atoms with E-state index in [2.05, 4.69) is 46.7 Å². The first-order chi connectivity index (χ1) is 9.88. The second-order valence-electron chi connectivity index (χ2n) is 5.50. The summed E-state index contributed by atoms with van der Waals surface area (Å²) >= 11 is 8.46. The third-order valence-corrected chi connectivity index (χ3v) is 3.97. The van der Waals surface area contributed by atoms with Crippen LogP contribution in [0.25, 0.3) is 11.0 Å². The second-order valence-corrected chi connectivity index (χ2v) is 7.40. The van der Waals surface area contributed by atoms with Crippen LogP contribution in [-0.4, -0.2) is 22.0 Å². The number of nitrogens with zero attached hydrogens (tertiary/aromatic N) is 2. The van der Waals surface area contributed by atoms with E-state index in [0.29, 0.717) is 12.5 Å². The standard InChI is InChI=1S/C15H19ClIN3O/c1-9(2)7-18-14(21)8-20-13-5-4-11(17)6-12(13)19-15(20)10(3)16/h4-6,9-10H,7-8H2,1-3H3,(H,18,21). The Labute approximate surface area is 143 Å². The lowest BCUT2D eigenvalue weighted by Gasteiger charge is -2.12. The van der Waals surface area contributed by atoms with Crippen molar-refractivity contribution in [3.63, 3.8) is 0 Å². The van der Waals surface area contributed by atoms with E-state index < -0.39 is 0 Å². The van der Waals surface area contributed by atoms with Crippen LogP contribution >= 0.6 is 34.2 Å². The van der Waals surface area contributed by atoms with Gasteiger partial charge in [-0.25, -0.2) is 4.98 Å². The first-order valence-electron chi connectivity index (χ1n) is 6.95. The summed E-state index contributed by atoms with van der Waals surface area (Å²) < 4.78 is 3.02. The molecular formula is C15H19ClIN3O. The fourth-order valence-corrected chi connectivity index (χ4v) is 2.75. The minimum atomic E-state index is -0.243. The highest BCUT2D eigenvalue weighted by Crippen LogP contribution is 2.25. The number of benzene rings is 1. The minimum absolute atomic E-state index is 0.0138. The van der Waals surface area contributed by atoms with Gasteiger partial charge >= 0.3 is 0 Å². The highest BCUT2D eigenvalue weighted by molar-refractivity contribution is 14.1. The van der Waals surface area contributed by atoms with E-state index in [1.807, 2.05) is 29.7 Å². The van der Waals surface area contributed by atoms with E-state index in [9.17, 15) is 4.79 Å². The van der Waals surface area contributed by atoms with Crippen LogP contribution in [0.5, 0.6) is 0 Å². The van der Waals surface area contributed by atoms with Gasteiger partial charge in [-0.1, -0.05) is 13.8 Å². The Balaban J connectivity index is 2.32. The van der Waals surface area contributed by atoms with Gasteiger partial charge in [-0.3, -0.25) is 4.79 Å². The predicted molar refractivity (Wildman–Crippen MR) is 94.6 cm³/mol. The number of carbonyl (C=O) groups excluding carboxylic acids is 1. The first-order valence-corrected chi connectivity index (χ1v) is 8.46. The van der Waals surface area contributed by atoms with Gasteiger partial charge in [-0.15, -0.1) is 11.6 Å². The molecule has 0 aliphatic carbocycles. The molecule has 2 aromatic rings. The number of alkyl halides is 1. The van der Waals surface area contributed by atoms with Crippen LogP contribution in [0.1, 0.15) is 32.0 Å². The van der Waals surface area contributed by atoms with E-state index in [1.165, 1.54) is 0 Å². The van der Waals surface area contributed by atoms with Crippen LogP contribution in [0.15, 0.2) is 18.2 Å². The van der Waals surface area contributed by atoms with Crippen LogP contribution in [0, 0.1) is 9.49 Å². The van der Waals surface area contributed by atoms with Crippen molar-refractivity contribution in [1.29, 1.82) is 0 Å². The zero-order chi connectivity index (χ0) is 15.6. The second kappa shape index (κ2) is 6.96. The molecule has 2 rings (SSSR count). The third kappa shape index (κ3) is 4.10. The molecule has 114 valence electrons. The molecule has 1 N–H and O–H groups in total. The average Bonchev–Trinajstić information content (AvgIpc) is 2.74. The molecule has 1 atom stereocenters. The topological polar surface area (TPSA) is 46.9 Å². The number of hydrogen-bond acceptors (Lipinski definition) is 2. The van der Waals surface area contributed by atoms with E-state index in [4.69, 9.17) is 11.6 Å². The van der Waals surface area contributed by atoms with Crippen molar-refractivity contribution in [3.05, 3.63) is 27.6 Å². The molecule has 1 unspecified atom stereocenters. The Bertz CT molecular complexity index is 652. The number of imidazole rings is 1. The van der Waals surface area contributed by atoms with Gasteiger partial charge in [0.05, 0.1) is 16.4 Å². The van der Waals surface area contributed by atoms with Gasteiger partial charge in [0, 0.05) is 10.1 Å². The molecule has 4 nitrogen and oxygen atoms in total. The van der Waals surface area contributed by atoms with Gasteiger partial charge in [-0.05, 0) is 53.6 Å². The monoisotopic (exact) mass is 419 g/mol. The fourth-order valence-electron chi connectivity index (χ4n) is 2.11. The molecule has 1 amide bonds. The van der Waals surface area contributed by atoms with Gasteiger partial charge in [0.25, 0.3) is 0 Å². The number of nitrogens with one attached hydrogen (secondary N) is 1. The van der Waals surface area contributed by atoms with Crippen LogP contribution in [0.3, 0.4) is 0 Å². The van der Waals surface area contributed by atoms with Crippen LogP contribution in [-0.2, 0) is 11.3 Å². The lowest BCUT2D eigenvalue weighted by Crippen LogP contribution is -2.31. The van der Waals surface area contributed by atoms with Gasteiger partial charge in [0.15, 0.2) is 0 Å². The number of halogens is 2. The highest BCUT2D eigenvalue weighted by Gasteiger charge is 2.17. The number of hydrogen-bond donors (Lipinski definition) is 1. The molecule has 0 bridgehead atoms. The van der Waals surface area contributed by atoms with Crippen molar-refractivity contribution in [2.45, 2.75) is 32.7 Å². The van der Waals surface area contributed by atoms with Gasteiger partial charge in [-0.2, -0.15) is 0 Å². The molecule has 0 saturated carbocycles. The minimum Gasteiger partial charge on any atom is -0.354 e. The number of fused-ring (bicyclic) bond motifs is 1. The Morgan fingerprint density at radius 3 is 2.76 bits per heavy atom. The summed E-state index contributed by atoms with van der Waals surface area (Å²) in [5, 5.41) is 2.69. The lowest BCUT2D eigenvalue weighted by molar-refractivity contribution is -0.121. The molecular weight excluding hydrogens is 401 g/mol. The van der Waals surface area contributed by atoms with Crippen LogP contribution in [0.4, 0.5) is 0 Å². The SMILES string of the molecule is CC(C)CNC(=O)Cn1c(C(C)Cl)nc2cc(I)ccc21. The molecule has 0 aliphatic rings. The normalized spacial score (nSPS) is 12.9. The average molecular weight is 420 g/mol. The molecule has 0 saturated heterocycles. The summed E-state index contributed by atoms with van der Waals surface area (Å²) in [7, 11) is 0. The van der Waals surface area contributed by atoms with Gasteiger partial charge in [0.1, 0.15) is 12.4 Å². The molecule has 0 radical (unpaired) electrons. The maximum Gasteiger partial charge on any atom is 0.240 e. The Morgan fingerprint density at radius 2 is 2.14 bits per heavy atom. The predicted octanol–water partition coefficient (Wildman–Crippen LogP) is 3.71. The largest absolute Gasteiger partial charge is 0.354 e. The van der Waals surface area contributed by atoms with E-state index >= 15 is 0 Å². The number of carbonyl (C=O) groups is 1. The Hall–Kier alpha value is -0.820. The highest BCUT2D eigenvalue weighted by atomic mass is 127. The molecule has 1 aromatic carbocycles. The van der Waals surface area contributed by atoms with Crippen molar-refractivity contribution >= 4 is 51.1 Å². The number of rotatable bonds is 5. The summed E-state index contributed by atoms with van der Waals surface area (Å²) in [5.41, 5.74) is 1.82. The number of amides is 1. The molecule has 0 aliphatic heterocycles. The summed E-state index contributed by atoms with van der Waals surface area (Å²) in [4.78, 5) is 16.7. The molecule has 1 aromatic heterocycles. The molecule has 0 fully saturated rings. The molecule has 21 heavy (non-hydrogen) atoms. The number of aromatic nitrogens is 2. The molecule has 6 heteroatoms. The quantitative estimate of drug-likeness (QED) is 0.593. The Morgan fingerprint density at radius 1 is 1.43 bits per heavy atom. The van der Waals surface area contributed by atoms with Crippen molar-refractivity contribution in [1.82, 2.24) is 14.9 Å². The summed E-state index contributed by atoms with van der Waals surface area (Å²) in [5.74, 6) is 1.15. The summed E-state index contributed by atoms with van der Waals surface area (Å²) in [6.45, 7) is 6.93. The van der Waals surface area contributed by atoms with Crippen molar-refractivity contribution < 1.29 is 4.79 Å². The third-order valence-electron chi connectivity index (χ3n) is 3.10. The van der Waals surface area contributed by atoms with Crippen molar-refractivity contribution in [2.75, 3.05) is 6.54 Å². The zero-order valence-corrected chi connectivity index (χ0v) is 15.3. The van der Waals surface area contributed by atoms with E-state index in [0.717, 1.165) is 20.4 Å².